The van der Waals surface area contributed by atoms with Gasteiger partial charge in [0.15, 0.2) is 5.82 Å². The minimum atomic E-state index is 0.784. The Labute approximate surface area is 77.0 Å². The van der Waals surface area contributed by atoms with Crippen LogP contribution < -0.4 is 0 Å². The molecule has 0 saturated carbocycles. The Bertz CT molecular complexity index is 418. The molecule has 0 N–H and O–H groups in total. The van der Waals surface area contributed by atoms with E-state index in [1.807, 2.05) is 19.2 Å². The lowest BCUT2D eigenvalue weighted by molar-refractivity contribution is 0.768. The van der Waals surface area contributed by atoms with E-state index in [0.717, 1.165) is 11.4 Å². The van der Waals surface area contributed by atoms with Crippen LogP contribution in [-0.2, 0) is 7.05 Å². The van der Waals surface area contributed by atoms with Gasteiger partial charge >= 0.3 is 0 Å². The molecule has 1 heterocycles. The molecule has 2 aromatic rings. The first kappa shape index (κ1) is 7.98. The minimum absolute atomic E-state index is 0.784. The maximum absolute atomic E-state index is 4.23. The van der Waals surface area contributed by atoms with Crippen molar-refractivity contribution in [3.63, 3.8) is 0 Å². The first-order chi connectivity index (χ1) is 6.25. The molecule has 1 aromatic carbocycles. The molecule has 0 unspecified atom stereocenters. The van der Waals surface area contributed by atoms with Gasteiger partial charge in [-0.15, -0.1) is 0 Å². The van der Waals surface area contributed by atoms with Gasteiger partial charge in [0.1, 0.15) is 6.33 Å². The monoisotopic (exact) mass is 173 g/mol. The van der Waals surface area contributed by atoms with Crippen LogP contribution in [-0.4, -0.2) is 14.8 Å². The Morgan fingerprint density at radius 2 is 2.15 bits per heavy atom. The second kappa shape index (κ2) is 3.01. The molecule has 0 aliphatic carbocycles. The predicted octanol–water partition coefficient (Wildman–Crippen LogP) is 1.79. The molecule has 0 saturated heterocycles. The molecule has 0 bridgehead atoms. The Hall–Kier alpha value is -1.64. The van der Waals surface area contributed by atoms with Gasteiger partial charge in [-0.3, -0.25) is 4.68 Å². The topological polar surface area (TPSA) is 30.7 Å². The van der Waals surface area contributed by atoms with Crippen LogP contribution in [0.5, 0.6) is 0 Å². The van der Waals surface area contributed by atoms with E-state index in [4.69, 9.17) is 0 Å². The molecule has 13 heavy (non-hydrogen) atoms. The summed E-state index contributed by atoms with van der Waals surface area (Å²) in [5, 5.41) is 4.23. The van der Waals surface area contributed by atoms with Crippen LogP contribution in [0.25, 0.3) is 11.4 Å². The second-order valence-corrected chi connectivity index (χ2v) is 3.11. The number of aryl methyl sites for hydroxylation is 2. The first-order valence-electron chi connectivity index (χ1n) is 4.18. The molecule has 66 valence electrons. The zero-order valence-electron chi connectivity index (χ0n) is 7.73. The fourth-order valence-electron chi connectivity index (χ4n) is 1.26. The average molecular weight is 173 g/mol. The third kappa shape index (κ3) is 1.59. The van der Waals surface area contributed by atoms with Crippen molar-refractivity contribution in [3.8, 4) is 11.4 Å². The van der Waals surface area contributed by atoms with E-state index in [0.29, 0.717) is 0 Å². The summed E-state index contributed by atoms with van der Waals surface area (Å²) in [4.78, 5) is 4.18. The van der Waals surface area contributed by atoms with Gasteiger partial charge in [0.25, 0.3) is 0 Å². The number of hydrogen-bond acceptors (Lipinski definition) is 2. The summed E-state index contributed by atoms with van der Waals surface area (Å²) in [7, 11) is 1.87. The van der Waals surface area contributed by atoms with Crippen molar-refractivity contribution in [2.75, 3.05) is 0 Å². The van der Waals surface area contributed by atoms with Crippen LogP contribution in [0.4, 0.5) is 0 Å². The molecule has 0 spiro atoms. The lowest BCUT2D eigenvalue weighted by Gasteiger charge is -1.95. The van der Waals surface area contributed by atoms with Gasteiger partial charge in [-0.2, -0.15) is 5.10 Å². The molecule has 0 fully saturated rings. The first-order valence-corrected chi connectivity index (χ1v) is 4.18. The fraction of sp³-hybridized carbons (Fsp3) is 0.200. The van der Waals surface area contributed by atoms with Crippen LogP contribution in [0.3, 0.4) is 0 Å². The van der Waals surface area contributed by atoms with Crippen LogP contribution in [0, 0.1) is 6.92 Å². The van der Waals surface area contributed by atoms with E-state index in [1.54, 1.807) is 11.0 Å². The van der Waals surface area contributed by atoms with Crippen molar-refractivity contribution < 1.29 is 0 Å². The highest BCUT2D eigenvalue weighted by Gasteiger charge is 2.01. The zero-order valence-corrected chi connectivity index (χ0v) is 7.73. The Balaban J connectivity index is 2.46. The van der Waals surface area contributed by atoms with E-state index in [-0.39, 0.29) is 0 Å². The SMILES string of the molecule is Cc1cccc(-c2ncn(C)n2)c1. The van der Waals surface area contributed by atoms with Crippen molar-refractivity contribution in [2.45, 2.75) is 6.92 Å². The highest BCUT2D eigenvalue weighted by Crippen LogP contribution is 2.14. The number of nitrogens with zero attached hydrogens (tertiary/aromatic N) is 3. The number of rotatable bonds is 1. The highest BCUT2D eigenvalue weighted by atomic mass is 15.3. The number of hydrogen-bond donors (Lipinski definition) is 0. The van der Waals surface area contributed by atoms with Crippen LogP contribution in [0.2, 0.25) is 0 Å². The summed E-state index contributed by atoms with van der Waals surface area (Å²) in [5.41, 5.74) is 2.30. The van der Waals surface area contributed by atoms with Crippen LogP contribution >= 0.6 is 0 Å². The lowest BCUT2D eigenvalue weighted by atomic mass is 10.1. The molecule has 3 heteroatoms. The summed E-state index contributed by atoms with van der Waals surface area (Å²) in [6, 6.07) is 8.17. The third-order valence-electron chi connectivity index (χ3n) is 1.88. The Morgan fingerprint density at radius 3 is 2.77 bits per heavy atom. The Kier molecular flexibility index (Phi) is 1.85. The minimum Gasteiger partial charge on any atom is -0.255 e. The van der Waals surface area contributed by atoms with E-state index >= 15 is 0 Å². The highest BCUT2D eigenvalue weighted by molar-refractivity contribution is 5.55. The molecular formula is C10H11N3. The smallest absolute Gasteiger partial charge is 0.181 e. The van der Waals surface area contributed by atoms with Gasteiger partial charge in [0, 0.05) is 12.6 Å². The predicted molar refractivity (Wildman–Crippen MR) is 51.2 cm³/mol. The van der Waals surface area contributed by atoms with Gasteiger partial charge in [-0.1, -0.05) is 23.8 Å². The van der Waals surface area contributed by atoms with E-state index in [2.05, 4.69) is 29.1 Å². The van der Waals surface area contributed by atoms with Crippen molar-refractivity contribution in [1.82, 2.24) is 14.8 Å². The van der Waals surface area contributed by atoms with Crippen molar-refractivity contribution >= 4 is 0 Å². The maximum Gasteiger partial charge on any atom is 0.181 e. The van der Waals surface area contributed by atoms with Gasteiger partial charge < -0.3 is 0 Å². The van der Waals surface area contributed by atoms with Crippen molar-refractivity contribution in [2.24, 2.45) is 7.05 Å². The molecule has 0 amide bonds. The lowest BCUT2D eigenvalue weighted by Crippen LogP contribution is -1.88. The molecule has 3 nitrogen and oxygen atoms in total. The van der Waals surface area contributed by atoms with Crippen molar-refractivity contribution in [1.29, 1.82) is 0 Å². The third-order valence-corrected chi connectivity index (χ3v) is 1.88. The van der Waals surface area contributed by atoms with Gasteiger partial charge in [0.05, 0.1) is 0 Å². The number of benzene rings is 1. The molecular weight excluding hydrogens is 162 g/mol. The van der Waals surface area contributed by atoms with E-state index in [9.17, 15) is 0 Å². The summed E-state index contributed by atoms with van der Waals surface area (Å²) in [6.45, 7) is 2.06. The standard InChI is InChI=1S/C10H11N3/c1-8-4-3-5-9(6-8)10-11-7-13(2)12-10/h3-7H,1-2H3. The fourth-order valence-corrected chi connectivity index (χ4v) is 1.26. The Morgan fingerprint density at radius 1 is 1.31 bits per heavy atom. The van der Waals surface area contributed by atoms with Gasteiger partial charge in [0.2, 0.25) is 0 Å². The normalized spacial score (nSPS) is 10.3. The van der Waals surface area contributed by atoms with Gasteiger partial charge in [-0.05, 0) is 13.0 Å². The molecule has 1 aromatic heterocycles. The van der Waals surface area contributed by atoms with Crippen LogP contribution in [0.15, 0.2) is 30.6 Å². The summed E-state index contributed by atoms with van der Waals surface area (Å²) < 4.78 is 1.71. The molecule has 0 atom stereocenters. The van der Waals surface area contributed by atoms with Gasteiger partial charge in [-0.25, -0.2) is 4.98 Å². The number of aromatic nitrogens is 3. The zero-order chi connectivity index (χ0) is 9.26. The second-order valence-electron chi connectivity index (χ2n) is 3.11. The summed E-state index contributed by atoms with van der Waals surface area (Å²) in [6.07, 6.45) is 1.71. The molecule has 0 aliphatic heterocycles. The molecule has 0 radical (unpaired) electrons. The van der Waals surface area contributed by atoms with E-state index < -0.39 is 0 Å². The molecule has 2 rings (SSSR count). The summed E-state index contributed by atoms with van der Waals surface area (Å²) in [5.74, 6) is 0.784. The van der Waals surface area contributed by atoms with Crippen LogP contribution in [0.1, 0.15) is 5.56 Å². The largest absolute Gasteiger partial charge is 0.255 e. The van der Waals surface area contributed by atoms with Crippen molar-refractivity contribution in [3.05, 3.63) is 36.2 Å². The van der Waals surface area contributed by atoms with E-state index in [1.165, 1.54) is 5.56 Å². The average Bonchev–Trinajstić information content (AvgIpc) is 2.52. The quantitative estimate of drug-likeness (QED) is 0.658. The maximum atomic E-state index is 4.23. The molecule has 0 aliphatic rings. The summed E-state index contributed by atoms with van der Waals surface area (Å²) >= 11 is 0.